The Morgan fingerprint density at radius 1 is 1.19 bits per heavy atom. The number of hydrogen-bond acceptors (Lipinski definition) is 4. The maximum absolute atomic E-state index is 13.6. The van der Waals surface area contributed by atoms with Crippen molar-refractivity contribution in [3.8, 4) is 0 Å². The molecule has 1 amide bonds. The normalized spacial score (nSPS) is 26.3. The van der Waals surface area contributed by atoms with Crippen molar-refractivity contribution >= 4 is 5.91 Å². The predicted molar refractivity (Wildman–Crippen MR) is 122 cm³/mol. The van der Waals surface area contributed by atoms with Crippen LogP contribution in [-0.2, 0) is 11.3 Å². The van der Waals surface area contributed by atoms with Crippen molar-refractivity contribution in [1.29, 1.82) is 0 Å². The van der Waals surface area contributed by atoms with Gasteiger partial charge in [-0.15, -0.1) is 0 Å². The van der Waals surface area contributed by atoms with E-state index in [1.54, 1.807) is 7.11 Å². The largest absolute Gasteiger partial charge is 0.314 e. The van der Waals surface area contributed by atoms with Gasteiger partial charge in [0.05, 0.1) is 13.2 Å². The molecule has 2 fully saturated rings. The summed E-state index contributed by atoms with van der Waals surface area (Å²) in [6.07, 6.45) is 4.70. The molecule has 0 radical (unpaired) electrons. The number of nitrogens with zero attached hydrogens (tertiary/aromatic N) is 2. The molecule has 5 heteroatoms. The highest BCUT2D eigenvalue weighted by molar-refractivity contribution is 5.95. The van der Waals surface area contributed by atoms with Crippen LogP contribution < -0.4 is 5.32 Å². The van der Waals surface area contributed by atoms with E-state index in [-0.39, 0.29) is 11.9 Å². The lowest BCUT2D eigenvalue weighted by Gasteiger charge is -2.49. The third kappa shape index (κ3) is 3.79. The highest BCUT2D eigenvalue weighted by Crippen LogP contribution is 2.41. The molecule has 2 saturated heterocycles. The number of hydrogen-bond donors (Lipinski definition) is 1. The fourth-order valence-corrected chi connectivity index (χ4v) is 5.96. The minimum atomic E-state index is -0.156. The van der Waals surface area contributed by atoms with Crippen molar-refractivity contribution in [2.24, 2.45) is 5.92 Å². The third-order valence-corrected chi connectivity index (χ3v) is 7.60. The monoisotopic (exact) mass is 419 g/mol. The molecule has 0 spiro atoms. The van der Waals surface area contributed by atoms with Gasteiger partial charge in [-0.2, -0.15) is 0 Å². The van der Waals surface area contributed by atoms with Gasteiger partial charge in [-0.3, -0.25) is 14.5 Å². The zero-order valence-corrected chi connectivity index (χ0v) is 18.6. The summed E-state index contributed by atoms with van der Waals surface area (Å²) in [4.78, 5) is 21.9. The molecule has 2 aromatic carbocycles. The van der Waals surface area contributed by atoms with Crippen LogP contribution in [0.1, 0.15) is 65.3 Å². The van der Waals surface area contributed by atoms with Gasteiger partial charge in [0.25, 0.3) is 5.91 Å². The molecule has 3 aliphatic rings. The number of hydroxylamine groups is 2. The van der Waals surface area contributed by atoms with Crippen molar-refractivity contribution in [3.63, 3.8) is 0 Å². The summed E-state index contributed by atoms with van der Waals surface area (Å²) in [5, 5.41) is 5.29. The van der Waals surface area contributed by atoms with E-state index in [0.29, 0.717) is 12.1 Å². The molecular weight excluding hydrogens is 386 g/mol. The van der Waals surface area contributed by atoms with Crippen molar-refractivity contribution < 1.29 is 9.63 Å². The summed E-state index contributed by atoms with van der Waals surface area (Å²) < 4.78 is 0. The van der Waals surface area contributed by atoms with Gasteiger partial charge in [0, 0.05) is 30.7 Å². The number of nitrogens with one attached hydrogen (secondary N) is 1. The molecule has 0 unspecified atom stereocenters. The van der Waals surface area contributed by atoms with Crippen LogP contribution in [0.15, 0.2) is 48.5 Å². The average Bonchev–Trinajstić information content (AvgIpc) is 2.83. The molecule has 0 aliphatic carbocycles. The smallest absolute Gasteiger partial charge is 0.278 e. The van der Waals surface area contributed by atoms with E-state index in [0.717, 1.165) is 43.0 Å². The van der Waals surface area contributed by atoms with Crippen LogP contribution in [0.4, 0.5) is 0 Å². The Labute approximate surface area is 185 Å². The van der Waals surface area contributed by atoms with Crippen LogP contribution in [0.25, 0.3) is 0 Å². The Morgan fingerprint density at radius 2 is 2.03 bits per heavy atom. The lowest BCUT2D eigenvalue weighted by molar-refractivity contribution is -0.120. The van der Waals surface area contributed by atoms with E-state index in [1.165, 1.54) is 35.6 Å². The Kier molecular flexibility index (Phi) is 5.83. The fraction of sp³-hybridized carbons (Fsp3) is 0.500. The van der Waals surface area contributed by atoms with Crippen LogP contribution in [-0.4, -0.2) is 48.7 Å². The van der Waals surface area contributed by atoms with E-state index < -0.39 is 0 Å². The molecule has 0 aromatic heterocycles. The van der Waals surface area contributed by atoms with Gasteiger partial charge in [0.2, 0.25) is 0 Å². The van der Waals surface area contributed by atoms with Crippen molar-refractivity contribution in [2.45, 2.75) is 50.7 Å². The first-order chi connectivity index (χ1) is 15.2. The van der Waals surface area contributed by atoms with Gasteiger partial charge >= 0.3 is 0 Å². The number of carbonyl (C=O) groups excluding carboxylic acids is 1. The second kappa shape index (κ2) is 8.73. The molecule has 5 nitrogen and oxygen atoms in total. The summed E-state index contributed by atoms with van der Waals surface area (Å²) >= 11 is 0. The topological polar surface area (TPSA) is 44.8 Å². The fourth-order valence-electron chi connectivity index (χ4n) is 5.96. The summed E-state index contributed by atoms with van der Waals surface area (Å²) in [5.41, 5.74) is 4.41. The Morgan fingerprint density at radius 3 is 2.84 bits per heavy atom. The van der Waals surface area contributed by atoms with Crippen molar-refractivity contribution in [2.75, 3.05) is 26.7 Å². The summed E-state index contributed by atoms with van der Waals surface area (Å²) in [5.74, 6) is 0.723. The first kappa shape index (κ1) is 20.7. The molecule has 5 rings (SSSR count). The highest BCUT2D eigenvalue weighted by Gasteiger charge is 2.40. The number of benzene rings is 2. The summed E-state index contributed by atoms with van der Waals surface area (Å²) in [6, 6.07) is 17.2. The number of fused-ring (bicyclic) bond motifs is 4. The Bertz CT molecular complexity index is 932. The summed E-state index contributed by atoms with van der Waals surface area (Å²) in [6.45, 7) is 5.37. The van der Waals surface area contributed by atoms with Crippen LogP contribution in [0, 0.1) is 5.92 Å². The maximum atomic E-state index is 13.6. The first-order valence-corrected chi connectivity index (χ1v) is 11.7. The van der Waals surface area contributed by atoms with E-state index >= 15 is 0 Å². The van der Waals surface area contributed by atoms with Crippen LogP contribution in [0.3, 0.4) is 0 Å². The van der Waals surface area contributed by atoms with Gasteiger partial charge in [-0.1, -0.05) is 42.5 Å². The minimum Gasteiger partial charge on any atom is -0.314 e. The quantitative estimate of drug-likeness (QED) is 0.757. The Hall–Kier alpha value is -2.21. The maximum Gasteiger partial charge on any atom is 0.278 e. The van der Waals surface area contributed by atoms with Gasteiger partial charge < -0.3 is 5.32 Å². The van der Waals surface area contributed by atoms with Crippen LogP contribution in [0.5, 0.6) is 0 Å². The zero-order valence-electron chi connectivity index (χ0n) is 18.6. The molecule has 3 aliphatic heterocycles. The minimum absolute atomic E-state index is 0.0476. The van der Waals surface area contributed by atoms with Gasteiger partial charge in [-0.25, -0.2) is 5.06 Å². The summed E-state index contributed by atoms with van der Waals surface area (Å²) in [7, 11) is 1.59. The van der Waals surface area contributed by atoms with E-state index in [4.69, 9.17) is 4.84 Å². The van der Waals surface area contributed by atoms with Crippen LogP contribution >= 0.6 is 0 Å². The molecule has 4 atom stereocenters. The number of amides is 1. The Balaban J connectivity index is 1.43. The molecule has 0 bridgehead atoms. The van der Waals surface area contributed by atoms with Crippen LogP contribution in [0.2, 0.25) is 0 Å². The third-order valence-electron chi connectivity index (χ3n) is 7.60. The SMILES string of the molecule is CON(C(=O)c1cccc2c1CCN1C[C@@H]3CCCN[C@@H]3C[C@H]21)[C@H](C)c1ccccc1. The molecule has 1 N–H and O–H groups in total. The zero-order chi connectivity index (χ0) is 21.4. The second-order valence-corrected chi connectivity index (χ2v) is 9.23. The molecule has 2 aromatic rings. The predicted octanol–water partition coefficient (Wildman–Crippen LogP) is 4.12. The second-order valence-electron chi connectivity index (χ2n) is 9.23. The van der Waals surface area contributed by atoms with Crippen molar-refractivity contribution in [1.82, 2.24) is 15.3 Å². The van der Waals surface area contributed by atoms with Gasteiger partial charge in [-0.05, 0) is 67.8 Å². The van der Waals surface area contributed by atoms with E-state index in [1.807, 2.05) is 43.3 Å². The molecule has 164 valence electrons. The average molecular weight is 420 g/mol. The molecule has 3 heterocycles. The van der Waals surface area contributed by atoms with Gasteiger partial charge in [0.15, 0.2) is 0 Å². The number of rotatable bonds is 4. The van der Waals surface area contributed by atoms with Gasteiger partial charge in [0.1, 0.15) is 0 Å². The first-order valence-electron chi connectivity index (χ1n) is 11.7. The number of carbonyl (C=O) groups is 1. The molecule has 31 heavy (non-hydrogen) atoms. The lowest BCUT2D eigenvalue weighted by Crippen LogP contribution is -2.54. The van der Waals surface area contributed by atoms with E-state index in [2.05, 4.69) is 22.3 Å². The molecular formula is C26H33N3O2. The van der Waals surface area contributed by atoms with Crippen molar-refractivity contribution in [3.05, 3.63) is 70.8 Å². The number of piperidine rings is 2. The van der Waals surface area contributed by atoms with E-state index in [9.17, 15) is 4.79 Å². The molecule has 0 saturated carbocycles. The lowest BCUT2D eigenvalue weighted by atomic mass is 9.77. The standard InChI is InChI=1S/C26H33N3O2/c1-18(19-8-4-3-5-9-19)29(31-2)26(30)23-12-6-11-22-21(23)13-15-28-17-20-10-7-14-27-24(20)16-25(22)28/h3-6,8-9,11-12,18,20,24-25,27H,7,10,13-17H2,1-2H3/t18-,20+,24-,25-/m1/s1. The highest BCUT2D eigenvalue weighted by atomic mass is 16.7.